The van der Waals surface area contributed by atoms with Crippen molar-refractivity contribution in [1.82, 2.24) is 4.90 Å². The van der Waals surface area contributed by atoms with Crippen LogP contribution in [0, 0.1) is 0 Å². The molecule has 0 saturated carbocycles. The van der Waals surface area contributed by atoms with Crippen LogP contribution in [0.25, 0.3) is 0 Å². The first-order chi connectivity index (χ1) is 7.49. The van der Waals surface area contributed by atoms with Crippen molar-refractivity contribution < 1.29 is 4.42 Å². The summed E-state index contributed by atoms with van der Waals surface area (Å²) in [6.45, 7) is 12.5. The molecule has 2 N–H and O–H groups in total. The van der Waals surface area contributed by atoms with Gasteiger partial charge in [-0.1, -0.05) is 6.08 Å². The highest BCUT2D eigenvalue weighted by molar-refractivity contribution is 5.17. The molecule has 0 atom stereocenters. The third-order valence-corrected chi connectivity index (χ3v) is 2.68. The Labute approximate surface area is 97.9 Å². The van der Waals surface area contributed by atoms with Crippen molar-refractivity contribution >= 4 is 0 Å². The van der Waals surface area contributed by atoms with Gasteiger partial charge in [-0.05, 0) is 26.8 Å². The Balaban J connectivity index is 2.79. The summed E-state index contributed by atoms with van der Waals surface area (Å²) in [6, 6.07) is 1.99. The summed E-state index contributed by atoms with van der Waals surface area (Å²) < 4.78 is 5.33. The molecule has 0 saturated heterocycles. The van der Waals surface area contributed by atoms with Crippen molar-refractivity contribution in [2.75, 3.05) is 6.54 Å². The fourth-order valence-corrected chi connectivity index (χ4v) is 1.62. The van der Waals surface area contributed by atoms with E-state index < -0.39 is 0 Å². The number of furan rings is 1. The second-order valence-corrected chi connectivity index (χ2v) is 4.91. The quantitative estimate of drug-likeness (QED) is 0.778. The molecule has 1 rings (SSSR count). The molecule has 0 fully saturated rings. The van der Waals surface area contributed by atoms with Gasteiger partial charge in [-0.25, -0.2) is 0 Å². The van der Waals surface area contributed by atoms with Gasteiger partial charge in [0.05, 0.1) is 12.8 Å². The van der Waals surface area contributed by atoms with E-state index in [-0.39, 0.29) is 5.54 Å². The van der Waals surface area contributed by atoms with Crippen molar-refractivity contribution in [3.05, 3.63) is 36.3 Å². The standard InChI is InChI=1S/C13H22N2O/c1-5-7-15(13(2,3)4)10-11-6-8-16-12(11)9-14/h5-6,8H,1,7,9-10,14H2,2-4H3. The zero-order valence-corrected chi connectivity index (χ0v) is 10.5. The van der Waals surface area contributed by atoms with Crippen LogP contribution in [0.4, 0.5) is 0 Å². The Kier molecular flexibility index (Phi) is 4.33. The van der Waals surface area contributed by atoms with Crippen LogP contribution in [0.2, 0.25) is 0 Å². The predicted molar refractivity (Wildman–Crippen MR) is 67.0 cm³/mol. The highest BCUT2D eigenvalue weighted by atomic mass is 16.3. The molecular weight excluding hydrogens is 200 g/mol. The lowest BCUT2D eigenvalue weighted by atomic mass is 10.0. The topological polar surface area (TPSA) is 42.4 Å². The lowest BCUT2D eigenvalue weighted by Crippen LogP contribution is -2.40. The van der Waals surface area contributed by atoms with Crippen LogP contribution in [-0.2, 0) is 13.1 Å². The average Bonchev–Trinajstić information content (AvgIpc) is 2.63. The van der Waals surface area contributed by atoms with Crippen LogP contribution in [-0.4, -0.2) is 17.0 Å². The predicted octanol–water partition coefficient (Wildman–Crippen LogP) is 2.52. The summed E-state index contributed by atoms with van der Waals surface area (Å²) in [4.78, 5) is 2.34. The Morgan fingerprint density at radius 1 is 1.50 bits per heavy atom. The Hall–Kier alpha value is -1.06. The van der Waals surface area contributed by atoms with E-state index in [1.165, 1.54) is 5.56 Å². The van der Waals surface area contributed by atoms with Crippen molar-refractivity contribution in [2.24, 2.45) is 5.73 Å². The first-order valence-electron chi connectivity index (χ1n) is 5.60. The molecule has 90 valence electrons. The van der Waals surface area contributed by atoms with Gasteiger partial charge in [0, 0.05) is 24.2 Å². The molecule has 3 heteroatoms. The number of hydrogen-bond donors (Lipinski definition) is 1. The molecule has 16 heavy (non-hydrogen) atoms. The molecule has 0 aliphatic carbocycles. The zero-order valence-electron chi connectivity index (χ0n) is 10.5. The van der Waals surface area contributed by atoms with Crippen LogP contribution < -0.4 is 5.73 Å². The summed E-state index contributed by atoms with van der Waals surface area (Å²) in [5, 5.41) is 0. The molecule has 0 radical (unpaired) electrons. The Morgan fingerprint density at radius 3 is 2.69 bits per heavy atom. The van der Waals surface area contributed by atoms with Gasteiger partial charge in [-0.15, -0.1) is 6.58 Å². The van der Waals surface area contributed by atoms with E-state index in [1.807, 2.05) is 12.1 Å². The van der Waals surface area contributed by atoms with Crippen LogP contribution in [0.1, 0.15) is 32.1 Å². The number of nitrogens with zero attached hydrogens (tertiary/aromatic N) is 1. The molecule has 0 spiro atoms. The summed E-state index contributed by atoms with van der Waals surface area (Å²) in [7, 11) is 0. The maximum absolute atomic E-state index is 5.62. The molecular formula is C13H22N2O. The van der Waals surface area contributed by atoms with E-state index in [1.54, 1.807) is 6.26 Å². The lowest BCUT2D eigenvalue weighted by molar-refractivity contribution is 0.144. The molecule has 3 nitrogen and oxygen atoms in total. The zero-order chi connectivity index (χ0) is 12.2. The number of hydrogen-bond acceptors (Lipinski definition) is 3. The minimum atomic E-state index is 0.108. The molecule has 0 bridgehead atoms. The molecule has 0 aromatic carbocycles. The van der Waals surface area contributed by atoms with Gasteiger partial charge in [-0.2, -0.15) is 0 Å². The maximum atomic E-state index is 5.62. The van der Waals surface area contributed by atoms with Gasteiger partial charge in [-0.3, -0.25) is 4.90 Å². The van der Waals surface area contributed by atoms with Crippen LogP contribution in [0.3, 0.4) is 0 Å². The van der Waals surface area contributed by atoms with Gasteiger partial charge in [0.15, 0.2) is 0 Å². The fourth-order valence-electron chi connectivity index (χ4n) is 1.62. The van der Waals surface area contributed by atoms with Gasteiger partial charge in [0.25, 0.3) is 0 Å². The second-order valence-electron chi connectivity index (χ2n) is 4.91. The van der Waals surface area contributed by atoms with Gasteiger partial charge >= 0.3 is 0 Å². The van der Waals surface area contributed by atoms with Crippen LogP contribution >= 0.6 is 0 Å². The molecule has 1 aromatic heterocycles. The van der Waals surface area contributed by atoms with Gasteiger partial charge < -0.3 is 10.2 Å². The van der Waals surface area contributed by atoms with E-state index in [0.29, 0.717) is 6.54 Å². The van der Waals surface area contributed by atoms with E-state index in [0.717, 1.165) is 18.8 Å². The molecule has 0 unspecified atom stereocenters. The van der Waals surface area contributed by atoms with Gasteiger partial charge in [0.2, 0.25) is 0 Å². The fraction of sp³-hybridized carbons (Fsp3) is 0.538. The molecule has 1 heterocycles. The largest absolute Gasteiger partial charge is 0.468 e. The third kappa shape index (κ3) is 3.22. The van der Waals surface area contributed by atoms with Crippen LogP contribution in [0.15, 0.2) is 29.4 Å². The number of rotatable bonds is 5. The van der Waals surface area contributed by atoms with E-state index in [4.69, 9.17) is 10.2 Å². The lowest BCUT2D eigenvalue weighted by Gasteiger charge is -2.34. The van der Waals surface area contributed by atoms with Crippen molar-refractivity contribution in [3.63, 3.8) is 0 Å². The summed E-state index contributed by atoms with van der Waals surface area (Å²) in [5.74, 6) is 0.873. The average molecular weight is 222 g/mol. The Morgan fingerprint density at radius 2 is 2.19 bits per heavy atom. The normalized spacial score (nSPS) is 12.1. The van der Waals surface area contributed by atoms with E-state index >= 15 is 0 Å². The number of nitrogens with two attached hydrogens (primary N) is 1. The monoisotopic (exact) mass is 222 g/mol. The molecule has 0 aliphatic heterocycles. The first-order valence-corrected chi connectivity index (χ1v) is 5.60. The molecule has 0 aliphatic rings. The summed E-state index contributed by atoms with van der Waals surface area (Å²) >= 11 is 0. The molecule has 1 aromatic rings. The molecule has 0 amide bonds. The van der Waals surface area contributed by atoms with Crippen LogP contribution in [0.5, 0.6) is 0 Å². The van der Waals surface area contributed by atoms with Gasteiger partial charge in [0.1, 0.15) is 5.76 Å². The highest BCUT2D eigenvalue weighted by Gasteiger charge is 2.21. The van der Waals surface area contributed by atoms with Crippen molar-refractivity contribution in [2.45, 2.75) is 39.4 Å². The Bertz CT molecular complexity index is 336. The minimum absolute atomic E-state index is 0.108. The van der Waals surface area contributed by atoms with E-state index in [9.17, 15) is 0 Å². The second kappa shape index (κ2) is 5.32. The third-order valence-electron chi connectivity index (χ3n) is 2.68. The summed E-state index contributed by atoms with van der Waals surface area (Å²) in [6.07, 6.45) is 3.62. The summed E-state index contributed by atoms with van der Waals surface area (Å²) in [5.41, 5.74) is 6.90. The van der Waals surface area contributed by atoms with E-state index in [2.05, 4.69) is 32.3 Å². The minimum Gasteiger partial charge on any atom is -0.468 e. The first kappa shape index (κ1) is 13.0. The smallest absolute Gasteiger partial charge is 0.121 e. The SMILES string of the molecule is C=CCN(Cc1ccoc1CN)C(C)(C)C. The highest BCUT2D eigenvalue weighted by Crippen LogP contribution is 2.19. The van der Waals surface area contributed by atoms with Crippen molar-refractivity contribution in [3.8, 4) is 0 Å². The maximum Gasteiger partial charge on any atom is 0.121 e. The van der Waals surface area contributed by atoms with Crippen molar-refractivity contribution in [1.29, 1.82) is 0 Å².